The molecular formula is C26H41N3O7. The van der Waals surface area contributed by atoms with E-state index in [-0.39, 0.29) is 17.8 Å². The van der Waals surface area contributed by atoms with Crippen LogP contribution in [0.25, 0.3) is 0 Å². The summed E-state index contributed by atoms with van der Waals surface area (Å²) in [5, 5.41) is 5.43. The fraction of sp³-hybridized carbons (Fsp3) is 0.692. The van der Waals surface area contributed by atoms with E-state index in [2.05, 4.69) is 15.6 Å². The van der Waals surface area contributed by atoms with Gasteiger partial charge in [0.25, 0.3) is 5.91 Å². The number of amides is 2. The van der Waals surface area contributed by atoms with Crippen molar-refractivity contribution in [3.05, 3.63) is 29.6 Å². The van der Waals surface area contributed by atoms with Gasteiger partial charge >= 0.3 is 12.1 Å². The molecule has 2 rings (SSSR count). The zero-order valence-corrected chi connectivity index (χ0v) is 22.0. The molecule has 0 bridgehead atoms. The predicted molar refractivity (Wildman–Crippen MR) is 134 cm³/mol. The Bertz CT molecular complexity index is 816. The largest absolute Gasteiger partial charge is 0.466 e. The molecule has 1 aliphatic carbocycles. The third-order valence-corrected chi connectivity index (χ3v) is 5.63. The van der Waals surface area contributed by atoms with E-state index < -0.39 is 11.7 Å². The number of alkyl carbamates (subject to hydrolysis) is 1. The van der Waals surface area contributed by atoms with Gasteiger partial charge in [0, 0.05) is 30.9 Å². The number of nitrogens with one attached hydrogen (secondary N) is 2. The highest BCUT2D eigenvalue weighted by molar-refractivity contribution is 5.93. The van der Waals surface area contributed by atoms with Gasteiger partial charge in [0.2, 0.25) is 0 Å². The minimum Gasteiger partial charge on any atom is -0.466 e. The summed E-state index contributed by atoms with van der Waals surface area (Å²) in [7, 11) is 0. The van der Waals surface area contributed by atoms with Gasteiger partial charge < -0.3 is 29.6 Å². The van der Waals surface area contributed by atoms with Crippen LogP contribution in [0.4, 0.5) is 4.79 Å². The predicted octanol–water partition coefficient (Wildman–Crippen LogP) is 3.21. The first kappa shape index (κ1) is 29.5. The Kier molecular flexibility index (Phi) is 12.6. The number of nitrogens with zero attached hydrogens (tertiary/aromatic N) is 1. The average molecular weight is 508 g/mol. The lowest BCUT2D eigenvalue weighted by atomic mass is 9.80. The Morgan fingerprint density at radius 3 is 2.14 bits per heavy atom. The lowest BCUT2D eigenvalue weighted by Crippen LogP contribution is -2.34. The molecule has 1 aromatic rings. The molecule has 0 saturated heterocycles. The smallest absolute Gasteiger partial charge is 0.407 e. The molecule has 1 aromatic heterocycles. The van der Waals surface area contributed by atoms with Crippen LogP contribution in [-0.4, -0.2) is 74.7 Å². The maximum absolute atomic E-state index is 12.3. The first-order valence-corrected chi connectivity index (χ1v) is 12.7. The van der Waals surface area contributed by atoms with Crippen LogP contribution < -0.4 is 10.6 Å². The lowest BCUT2D eigenvalue weighted by molar-refractivity contribution is -0.149. The van der Waals surface area contributed by atoms with Crippen LogP contribution in [-0.2, 0) is 23.7 Å². The van der Waals surface area contributed by atoms with Crippen molar-refractivity contribution in [2.75, 3.05) is 46.1 Å². The number of pyridine rings is 1. The zero-order chi connectivity index (χ0) is 26.4. The Labute approximate surface area is 213 Å². The van der Waals surface area contributed by atoms with E-state index in [1.807, 2.05) is 13.0 Å². The van der Waals surface area contributed by atoms with E-state index in [4.69, 9.17) is 18.9 Å². The molecule has 0 aliphatic heterocycles. The minimum atomic E-state index is -0.527. The summed E-state index contributed by atoms with van der Waals surface area (Å²) >= 11 is 0. The number of hydrogen-bond acceptors (Lipinski definition) is 8. The molecule has 202 valence electrons. The number of hydrogen-bond donors (Lipinski definition) is 2. The third-order valence-electron chi connectivity index (χ3n) is 5.63. The quantitative estimate of drug-likeness (QED) is 0.308. The number of esters is 1. The van der Waals surface area contributed by atoms with E-state index in [1.54, 1.807) is 33.0 Å². The Morgan fingerprint density at radius 2 is 1.58 bits per heavy atom. The van der Waals surface area contributed by atoms with E-state index in [0.29, 0.717) is 57.6 Å². The van der Waals surface area contributed by atoms with Crippen LogP contribution in [0.2, 0.25) is 0 Å². The Hall–Kier alpha value is -2.72. The van der Waals surface area contributed by atoms with Gasteiger partial charge in [0.15, 0.2) is 0 Å². The second-order valence-electron chi connectivity index (χ2n) is 9.68. The van der Waals surface area contributed by atoms with Crippen molar-refractivity contribution in [2.45, 2.75) is 64.9 Å². The van der Waals surface area contributed by atoms with Crippen molar-refractivity contribution in [3.63, 3.8) is 0 Å². The normalized spacial score (nSPS) is 17.8. The van der Waals surface area contributed by atoms with Gasteiger partial charge in [-0.1, -0.05) is 0 Å². The van der Waals surface area contributed by atoms with Crippen LogP contribution >= 0.6 is 0 Å². The van der Waals surface area contributed by atoms with Crippen molar-refractivity contribution in [1.29, 1.82) is 0 Å². The summed E-state index contributed by atoms with van der Waals surface area (Å²) in [4.78, 5) is 40.2. The Balaban J connectivity index is 1.53. The van der Waals surface area contributed by atoms with E-state index in [1.165, 1.54) is 0 Å². The molecule has 0 atom stereocenters. The molecule has 1 fully saturated rings. The number of ether oxygens (including phenoxy) is 4. The van der Waals surface area contributed by atoms with Crippen LogP contribution in [0.5, 0.6) is 0 Å². The fourth-order valence-corrected chi connectivity index (χ4v) is 3.87. The highest BCUT2D eigenvalue weighted by atomic mass is 16.6. The van der Waals surface area contributed by atoms with Gasteiger partial charge in [-0.05, 0) is 65.5 Å². The lowest BCUT2D eigenvalue weighted by Gasteiger charge is -2.26. The number of aromatic nitrogens is 1. The molecule has 10 nitrogen and oxygen atoms in total. The van der Waals surface area contributed by atoms with Crippen molar-refractivity contribution in [3.8, 4) is 0 Å². The highest BCUT2D eigenvalue weighted by Crippen LogP contribution is 2.35. The molecule has 2 N–H and O–H groups in total. The third kappa shape index (κ3) is 11.3. The van der Waals surface area contributed by atoms with Crippen molar-refractivity contribution >= 4 is 18.0 Å². The van der Waals surface area contributed by atoms with E-state index in [9.17, 15) is 14.4 Å². The number of rotatable bonds is 13. The first-order valence-electron chi connectivity index (χ1n) is 12.7. The maximum Gasteiger partial charge on any atom is 0.407 e. The molecule has 36 heavy (non-hydrogen) atoms. The van der Waals surface area contributed by atoms with Gasteiger partial charge in [-0.2, -0.15) is 0 Å². The van der Waals surface area contributed by atoms with Crippen LogP contribution in [0.15, 0.2) is 18.3 Å². The molecule has 1 heterocycles. The number of carbonyl (C=O) groups excluding carboxylic acids is 3. The second kappa shape index (κ2) is 15.4. The molecule has 10 heteroatoms. The summed E-state index contributed by atoms with van der Waals surface area (Å²) in [5.74, 6) is -0.00846. The molecule has 0 radical (unpaired) electrons. The SMILES string of the molecule is CCOC(=O)C1CCC(c2ccc(C(=O)NCCOCCOCCNC(=O)OC(C)(C)C)cn2)CC1. The summed E-state index contributed by atoms with van der Waals surface area (Å²) in [6, 6.07) is 3.69. The standard InChI is InChI=1S/C26H41N3O7/c1-5-35-24(31)20-8-6-19(7-9-20)22-11-10-21(18-29-22)23(30)27-12-14-33-16-17-34-15-13-28-25(32)36-26(2,3)4/h10-11,18-20H,5-9,12-17H2,1-4H3,(H,27,30)(H,28,32). The van der Waals surface area contributed by atoms with Crippen LogP contribution in [0.1, 0.15) is 75.3 Å². The summed E-state index contributed by atoms with van der Waals surface area (Å²) < 4.78 is 21.1. The Morgan fingerprint density at radius 1 is 0.944 bits per heavy atom. The van der Waals surface area contributed by atoms with Gasteiger partial charge in [-0.3, -0.25) is 14.6 Å². The van der Waals surface area contributed by atoms with Gasteiger partial charge in [-0.15, -0.1) is 0 Å². The zero-order valence-electron chi connectivity index (χ0n) is 22.0. The van der Waals surface area contributed by atoms with Gasteiger partial charge in [0.1, 0.15) is 5.60 Å². The second-order valence-corrected chi connectivity index (χ2v) is 9.68. The summed E-state index contributed by atoms with van der Waals surface area (Å²) in [5.41, 5.74) is 0.930. The van der Waals surface area contributed by atoms with E-state index >= 15 is 0 Å². The first-order chi connectivity index (χ1) is 17.2. The highest BCUT2D eigenvalue weighted by Gasteiger charge is 2.28. The molecule has 2 amide bonds. The fourth-order valence-electron chi connectivity index (χ4n) is 3.87. The van der Waals surface area contributed by atoms with Crippen molar-refractivity contribution in [1.82, 2.24) is 15.6 Å². The molecular weight excluding hydrogens is 466 g/mol. The molecule has 1 aliphatic rings. The van der Waals surface area contributed by atoms with Crippen molar-refractivity contribution < 1.29 is 33.3 Å². The van der Waals surface area contributed by atoms with E-state index in [0.717, 1.165) is 31.4 Å². The topological polar surface area (TPSA) is 125 Å². The average Bonchev–Trinajstić information content (AvgIpc) is 2.84. The van der Waals surface area contributed by atoms with Gasteiger partial charge in [-0.25, -0.2) is 4.79 Å². The monoisotopic (exact) mass is 507 g/mol. The maximum atomic E-state index is 12.3. The summed E-state index contributed by atoms with van der Waals surface area (Å²) in [6.07, 6.45) is 4.53. The summed E-state index contributed by atoms with van der Waals surface area (Å²) in [6.45, 7) is 9.87. The molecule has 1 saturated carbocycles. The number of carbonyl (C=O) groups is 3. The van der Waals surface area contributed by atoms with Crippen molar-refractivity contribution in [2.24, 2.45) is 5.92 Å². The van der Waals surface area contributed by atoms with Crippen LogP contribution in [0.3, 0.4) is 0 Å². The van der Waals surface area contributed by atoms with Gasteiger partial charge in [0.05, 0.1) is 44.5 Å². The molecule has 0 aromatic carbocycles. The minimum absolute atomic E-state index is 0.0128. The molecule has 0 unspecified atom stereocenters. The molecule has 0 spiro atoms. The van der Waals surface area contributed by atoms with Crippen LogP contribution in [0, 0.1) is 5.92 Å².